The Morgan fingerprint density at radius 1 is 0.836 bits per heavy atom. The summed E-state index contributed by atoms with van der Waals surface area (Å²) in [5.41, 5.74) is 1.86. The first-order chi connectivity index (χ1) is 26.5. The average molecular weight is 766 g/mol. The van der Waals surface area contributed by atoms with Gasteiger partial charge in [-0.15, -0.1) is 16.8 Å². The van der Waals surface area contributed by atoms with Crippen molar-refractivity contribution in [2.75, 3.05) is 18.8 Å². The van der Waals surface area contributed by atoms with Crippen molar-refractivity contribution in [3.8, 4) is 28.2 Å². The number of fused-ring (bicyclic) bond motifs is 2. The molecule has 0 aromatic heterocycles. The summed E-state index contributed by atoms with van der Waals surface area (Å²) in [7, 11) is 0. The van der Waals surface area contributed by atoms with E-state index in [1.807, 2.05) is 6.07 Å². The fraction of sp³-hybridized carbons (Fsp3) is 0.225. The van der Waals surface area contributed by atoms with Crippen LogP contribution in [-0.4, -0.2) is 69.7 Å². The number of thioether (sulfide) groups is 1. The second-order valence-electron chi connectivity index (χ2n) is 12.6. The molecule has 15 heteroatoms. The van der Waals surface area contributed by atoms with Crippen LogP contribution in [0.1, 0.15) is 63.6 Å². The summed E-state index contributed by atoms with van der Waals surface area (Å²) >= 11 is 1.22. The molecule has 1 unspecified atom stereocenters. The van der Waals surface area contributed by atoms with E-state index in [4.69, 9.17) is 9.25 Å². The van der Waals surface area contributed by atoms with Crippen LogP contribution in [0, 0.1) is 0 Å². The molecule has 1 fully saturated rings. The first kappa shape index (κ1) is 38.3. The van der Waals surface area contributed by atoms with Crippen molar-refractivity contribution in [3.05, 3.63) is 112 Å². The van der Waals surface area contributed by atoms with Gasteiger partial charge in [-0.05, 0) is 60.4 Å². The van der Waals surface area contributed by atoms with Crippen molar-refractivity contribution in [2.45, 2.75) is 37.4 Å². The fourth-order valence-electron chi connectivity index (χ4n) is 6.10. The molecule has 3 aliphatic rings. The van der Waals surface area contributed by atoms with E-state index in [9.17, 15) is 43.8 Å². The van der Waals surface area contributed by atoms with Gasteiger partial charge in [-0.25, -0.2) is 9.59 Å². The molecule has 3 aromatic rings. The normalized spacial score (nSPS) is 13.2. The molecule has 282 valence electrons. The predicted molar refractivity (Wildman–Crippen MR) is 201 cm³/mol. The van der Waals surface area contributed by atoms with E-state index >= 15 is 0 Å². The maximum absolute atomic E-state index is 13.2. The van der Waals surface area contributed by atoms with Gasteiger partial charge in [0.1, 0.15) is 22.3 Å². The van der Waals surface area contributed by atoms with E-state index in [-0.39, 0.29) is 76.7 Å². The second kappa shape index (κ2) is 17.1. The maximum Gasteiger partial charge on any atom is 0.336 e. The molecule has 55 heavy (non-hydrogen) atoms. The molecule has 6 rings (SSSR count). The van der Waals surface area contributed by atoms with Crippen LogP contribution < -0.4 is 16.1 Å². The number of amides is 4. The lowest BCUT2D eigenvalue weighted by Crippen LogP contribution is -2.32. The molecule has 0 radical (unpaired) electrons. The Hall–Kier alpha value is -6.48. The highest BCUT2D eigenvalue weighted by atomic mass is 32.2. The number of imide groups is 1. The Balaban J connectivity index is 1.04. The number of phenolic OH excluding ortho intramolecular Hbond substituents is 1. The van der Waals surface area contributed by atoms with Crippen LogP contribution in [-0.2, 0) is 24.0 Å². The van der Waals surface area contributed by atoms with Gasteiger partial charge >= 0.3 is 11.9 Å². The summed E-state index contributed by atoms with van der Waals surface area (Å²) in [6.07, 6.45) is 0.879. The van der Waals surface area contributed by atoms with Gasteiger partial charge in [0.25, 0.3) is 17.7 Å². The SMILES string of the molecule is O=C(CCSC(C(=O)NCCCCNC(=O)c1ccc(-c2c3ccc(=O)cc-3oc3cc(O)ccc23)c(C(=O)O)c1)c1ccccc1)ON1C(=O)CCC1=O. The minimum atomic E-state index is -1.27. The number of carboxylic acids is 1. The number of rotatable bonds is 15. The summed E-state index contributed by atoms with van der Waals surface area (Å²) in [6, 6.07) is 21.9. The van der Waals surface area contributed by atoms with Crippen LogP contribution in [0.25, 0.3) is 33.4 Å². The van der Waals surface area contributed by atoms with Gasteiger partial charge in [0.2, 0.25) is 5.91 Å². The van der Waals surface area contributed by atoms with E-state index < -0.39 is 34.9 Å². The lowest BCUT2D eigenvalue weighted by atomic mass is 9.90. The van der Waals surface area contributed by atoms with Gasteiger partial charge in [0.05, 0.1) is 12.0 Å². The molecule has 1 saturated heterocycles. The Labute approximate surface area is 317 Å². The Kier molecular flexibility index (Phi) is 11.9. The number of hydrogen-bond acceptors (Lipinski definition) is 11. The number of nitrogens with one attached hydrogen (secondary N) is 2. The number of hydrogen-bond donors (Lipinski definition) is 4. The molecule has 14 nitrogen and oxygen atoms in total. The van der Waals surface area contributed by atoms with Crippen molar-refractivity contribution in [2.24, 2.45) is 0 Å². The summed E-state index contributed by atoms with van der Waals surface area (Å²) < 4.78 is 5.87. The third-order valence-corrected chi connectivity index (χ3v) is 10.0. The molecule has 1 aliphatic carbocycles. The van der Waals surface area contributed by atoms with Crippen LogP contribution >= 0.6 is 11.8 Å². The van der Waals surface area contributed by atoms with Gasteiger partial charge < -0.3 is 30.1 Å². The van der Waals surface area contributed by atoms with Crippen molar-refractivity contribution in [1.29, 1.82) is 0 Å². The Morgan fingerprint density at radius 3 is 2.27 bits per heavy atom. The third kappa shape index (κ3) is 9.01. The zero-order chi connectivity index (χ0) is 39.1. The number of carbonyl (C=O) groups is 6. The zero-order valence-electron chi connectivity index (χ0n) is 29.2. The lowest BCUT2D eigenvalue weighted by Gasteiger charge is -2.18. The zero-order valence-corrected chi connectivity index (χ0v) is 30.1. The second-order valence-corrected chi connectivity index (χ2v) is 13.8. The summed E-state index contributed by atoms with van der Waals surface area (Å²) in [6.45, 7) is 0.547. The summed E-state index contributed by atoms with van der Waals surface area (Å²) in [5.74, 6) is -3.61. The van der Waals surface area contributed by atoms with Crippen LogP contribution in [0.3, 0.4) is 0 Å². The number of carboxylic acid groups (broad SMARTS) is 1. The minimum absolute atomic E-state index is 0.00514. The topological polar surface area (TPSA) is 210 Å². The van der Waals surface area contributed by atoms with Crippen molar-refractivity contribution in [3.63, 3.8) is 0 Å². The van der Waals surface area contributed by atoms with Gasteiger partial charge in [0.15, 0.2) is 5.43 Å². The van der Waals surface area contributed by atoms with E-state index in [2.05, 4.69) is 10.6 Å². The monoisotopic (exact) mass is 765 g/mol. The number of phenols is 1. The lowest BCUT2D eigenvalue weighted by molar-refractivity contribution is -0.197. The molecular weight excluding hydrogens is 731 g/mol. The molecule has 0 spiro atoms. The van der Waals surface area contributed by atoms with E-state index in [0.717, 1.165) is 5.56 Å². The largest absolute Gasteiger partial charge is 0.508 e. The standard InChI is InChI=1S/C40H35N3O11S/c44-25-9-12-28-31(21-25)53-32-22-26(45)10-13-29(32)36(28)27-11-8-24(20-30(27)40(51)52)38(49)41-17-4-5-18-42-39(50)37(23-6-2-1-3-7-23)55-19-16-35(48)54-43-33(46)14-15-34(43)47/h1-3,6-13,20-22,37,44H,4-5,14-19H2,(H,41,49)(H,42,50)(H,51,52). The fourth-order valence-corrected chi connectivity index (χ4v) is 7.21. The highest BCUT2D eigenvalue weighted by molar-refractivity contribution is 8.00. The number of unbranched alkanes of at least 4 members (excludes halogenated alkanes) is 1. The molecule has 1 atom stereocenters. The Bertz CT molecular complexity index is 2310. The molecule has 3 aromatic carbocycles. The highest BCUT2D eigenvalue weighted by Gasteiger charge is 2.33. The van der Waals surface area contributed by atoms with Crippen LogP contribution in [0.5, 0.6) is 5.75 Å². The smallest absolute Gasteiger partial charge is 0.336 e. The molecule has 2 aliphatic heterocycles. The van der Waals surface area contributed by atoms with E-state index in [1.54, 1.807) is 36.4 Å². The first-order valence-electron chi connectivity index (χ1n) is 17.4. The number of aromatic hydroxyl groups is 1. The first-order valence-corrected chi connectivity index (χ1v) is 18.4. The molecular formula is C40H35N3O11S. The molecule has 4 N–H and O–H groups in total. The van der Waals surface area contributed by atoms with Crippen molar-refractivity contribution in [1.82, 2.24) is 15.7 Å². The Morgan fingerprint density at radius 2 is 1.55 bits per heavy atom. The van der Waals surface area contributed by atoms with Gasteiger partial charge in [-0.2, -0.15) is 0 Å². The number of nitrogens with zero attached hydrogens (tertiary/aromatic N) is 1. The maximum atomic E-state index is 13.2. The summed E-state index contributed by atoms with van der Waals surface area (Å²) in [4.78, 5) is 91.6. The number of carbonyl (C=O) groups excluding carboxylic acids is 5. The highest BCUT2D eigenvalue weighted by Crippen LogP contribution is 2.42. The predicted octanol–water partition coefficient (Wildman–Crippen LogP) is 5.07. The molecule has 0 bridgehead atoms. The molecule has 0 saturated carbocycles. The van der Waals surface area contributed by atoms with E-state index in [0.29, 0.717) is 41.0 Å². The number of benzene rings is 4. The average Bonchev–Trinajstić information content (AvgIpc) is 3.48. The van der Waals surface area contributed by atoms with Crippen molar-refractivity contribution >= 4 is 58.3 Å². The van der Waals surface area contributed by atoms with Crippen molar-refractivity contribution < 1.29 is 48.2 Å². The molecule has 4 amide bonds. The number of aromatic carboxylic acids is 1. The third-order valence-electron chi connectivity index (χ3n) is 8.78. The van der Waals surface area contributed by atoms with Crippen LogP contribution in [0.4, 0.5) is 0 Å². The van der Waals surface area contributed by atoms with Crippen LogP contribution in [0.15, 0.2) is 94.1 Å². The van der Waals surface area contributed by atoms with E-state index in [1.165, 1.54) is 54.2 Å². The molecule has 2 heterocycles. The summed E-state index contributed by atoms with van der Waals surface area (Å²) in [5, 5.41) is 26.3. The van der Waals surface area contributed by atoms with Gasteiger partial charge in [-0.1, -0.05) is 36.4 Å². The number of hydroxylamine groups is 2. The van der Waals surface area contributed by atoms with Crippen LogP contribution in [0.2, 0.25) is 0 Å². The quantitative estimate of drug-likeness (QED) is 0.0626. The minimum Gasteiger partial charge on any atom is -0.508 e. The van der Waals surface area contributed by atoms with Gasteiger partial charge in [0, 0.05) is 65.9 Å². The van der Waals surface area contributed by atoms with Gasteiger partial charge in [-0.3, -0.25) is 24.0 Å².